The van der Waals surface area contributed by atoms with Gasteiger partial charge in [-0.2, -0.15) is 4.31 Å². The minimum absolute atomic E-state index is 0.159. The van der Waals surface area contributed by atoms with E-state index in [1.807, 2.05) is 12.1 Å². The number of hydrogen-bond acceptors (Lipinski definition) is 3. The van der Waals surface area contributed by atoms with Crippen molar-refractivity contribution in [1.82, 2.24) is 9.21 Å². The average molecular weight is 429 g/mol. The van der Waals surface area contributed by atoms with Crippen LogP contribution in [0.25, 0.3) is 0 Å². The molecule has 2 aromatic rings. The summed E-state index contributed by atoms with van der Waals surface area (Å²) in [6, 6.07) is 16.3. The lowest BCUT2D eigenvalue weighted by molar-refractivity contribution is 0.181. The van der Waals surface area contributed by atoms with E-state index in [2.05, 4.69) is 56.9 Å². The highest BCUT2D eigenvalue weighted by Gasteiger charge is 2.28. The van der Waals surface area contributed by atoms with Crippen LogP contribution in [0.3, 0.4) is 0 Å². The van der Waals surface area contributed by atoms with Gasteiger partial charge >= 0.3 is 0 Å². The predicted molar refractivity (Wildman–Crippen MR) is 124 cm³/mol. The van der Waals surface area contributed by atoms with Crippen molar-refractivity contribution in [3.8, 4) is 0 Å². The minimum Gasteiger partial charge on any atom is -0.296 e. The summed E-state index contributed by atoms with van der Waals surface area (Å²) in [5, 5.41) is 0. The molecule has 0 aliphatic carbocycles. The minimum atomic E-state index is -3.41. The van der Waals surface area contributed by atoms with Crippen LogP contribution in [-0.2, 0) is 28.4 Å². The summed E-state index contributed by atoms with van der Waals surface area (Å²) in [7, 11) is -3.41. The molecule has 4 nitrogen and oxygen atoms in total. The molecule has 0 N–H and O–H groups in total. The van der Waals surface area contributed by atoms with Crippen LogP contribution in [0.2, 0.25) is 0 Å². The highest BCUT2D eigenvalue weighted by Crippen LogP contribution is 2.23. The van der Waals surface area contributed by atoms with E-state index in [4.69, 9.17) is 0 Å². The molecule has 2 aromatic carbocycles. The fourth-order valence-electron chi connectivity index (χ4n) is 3.85. The second-order valence-corrected chi connectivity index (χ2v) is 11.3. The Hall–Kier alpha value is -1.69. The van der Waals surface area contributed by atoms with Gasteiger partial charge < -0.3 is 0 Å². The number of nitrogens with zero attached hydrogens (tertiary/aromatic N) is 2. The standard InChI is InChI=1S/C25H36N2O2S/c1-5-6-7-21-10-14-24(15-11-21)30(28,29)27-18-16-26(17-19-27)20-22-8-12-23(13-9-22)25(2,3)4/h8-15H,5-7,16-20H2,1-4H3. The largest absolute Gasteiger partial charge is 0.296 e. The lowest BCUT2D eigenvalue weighted by atomic mass is 9.87. The van der Waals surface area contributed by atoms with Crippen molar-refractivity contribution < 1.29 is 8.42 Å². The zero-order chi connectivity index (χ0) is 21.8. The fraction of sp³-hybridized carbons (Fsp3) is 0.520. The third-order valence-corrected chi connectivity index (χ3v) is 7.85. The van der Waals surface area contributed by atoms with Gasteiger partial charge in [-0.15, -0.1) is 0 Å². The van der Waals surface area contributed by atoms with Crippen molar-refractivity contribution >= 4 is 10.0 Å². The van der Waals surface area contributed by atoms with E-state index < -0.39 is 10.0 Å². The zero-order valence-electron chi connectivity index (χ0n) is 18.9. The first-order valence-corrected chi connectivity index (χ1v) is 12.5. The topological polar surface area (TPSA) is 40.6 Å². The van der Waals surface area contributed by atoms with Crippen molar-refractivity contribution in [1.29, 1.82) is 0 Å². The van der Waals surface area contributed by atoms with Gasteiger partial charge in [0.15, 0.2) is 0 Å². The Balaban J connectivity index is 1.56. The quantitative estimate of drug-likeness (QED) is 0.634. The van der Waals surface area contributed by atoms with Crippen LogP contribution in [0, 0.1) is 0 Å². The maximum atomic E-state index is 13.0. The highest BCUT2D eigenvalue weighted by molar-refractivity contribution is 7.89. The van der Waals surface area contributed by atoms with Crippen molar-refractivity contribution in [3.05, 3.63) is 65.2 Å². The van der Waals surface area contributed by atoms with Gasteiger partial charge in [0, 0.05) is 32.7 Å². The van der Waals surface area contributed by atoms with Gasteiger partial charge in [0.05, 0.1) is 4.90 Å². The monoisotopic (exact) mass is 428 g/mol. The molecule has 0 unspecified atom stereocenters. The maximum Gasteiger partial charge on any atom is 0.243 e. The van der Waals surface area contributed by atoms with Crippen molar-refractivity contribution in [2.45, 2.75) is 63.8 Å². The van der Waals surface area contributed by atoms with E-state index in [-0.39, 0.29) is 5.41 Å². The van der Waals surface area contributed by atoms with Crippen LogP contribution < -0.4 is 0 Å². The number of aryl methyl sites for hydroxylation is 1. The number of piperazine rings is 1. The second kappa shape index (κ2) is 9.63. The fourth-order valence-corrected chi connectivity index (χ4v) is 5.28. The molecule has 164 valence electrons. The number of unbranched alkanes of at least 4 members (excludes halogenated alkanes) is 1. The number of benzene rings is 2. The molecule has 0 atom stereocenters. The first-order valence-electron chi connectivity index (χ1n) is 11.1. The SMILES string of the molecule is CCCCc1ccc(S(=O)(=O)N2CCN(Cc3ccc(C(C)(C)C)cc3)CC2)cc1. The van der Waals surface area contributed by atoms with E-state index in [1.165, 1.54) is 16.7 Å². The van der Waals surface area contributed by atoms with Crippen LogP contribution in [0.15, 0.2) is 53.4 Å². The molecular formula is C25H36N2O2S. The molecule has 0 aromatic heterocycles. The molecule has 1 aliphatic heterocycles. The summed E-state index contributed by atoms with van der Waals surface area (Å²) in [6.07, 6.45) is 3.28. The molecule has 1 saturated heterocycles. The van der Waals surface area contributed by atoms with Crippen molar-refractivity contribution in [2.24, 2.45) is 0 Å². The normalized spacial score (nSPS) is 16.7. The predicted octanol–water partition coefficient (Wildman–Crippen LogP) is 4.83. The van der Waals surface area contributed by atoms with Crippen LogP contribution in [0.1, 0.15) is 57.2 Å². The summed E-state index contributed by atoms with van der Waals surface area (Å²) in [4.78, 5) is 2.75. The molecule has 0 radical (unpaired) electrons. The molecule has 0 spiro atoms. The van der Waals surface area contributed by atoms with Gasteiger partial charge in [-0.3, -0.25) is 4.90 Å². The Labute approximate surface area is 183 Å². The molecule has 1 fully saturated rings. The second-order valence-electron chi connectivity index (χ2n) is 9.37. The number of hydrogen-bond donors (Lipinski definition) is 0. The molecule has 0 amide bonds. The Kier molecular flexibility index (Phi) is 7.38. The van der Waals surface area contributed by atoms with Crippen molar-refractivity contribution in [2.75, 3.05) is 26.2 Å². The summed E-state index contributed by atoms with van der Waals surface area (Å²) in [5.41, 5.74) is 3.98. The molecule has 1 aliphatic rings. The third-order valence-electron chi connectivity index (χ3n) is 5.94. The van der Waals surface area contributed by atoms with Gasteiger partial charge in [-0.1, -0.05) is 70.5 Å². The summed E-state index contributed by atoms with van der Waals surface area (Å²) in [6.45, 7) is 12.3. The Morgan fingerprint density at radius 1 is 0.833 bits per heavy atom. The Bertz CT molecular complexity index is 905. The lowest BCUT2D eigenvalue weighted by Crippen LogP contribution is -2.48. The zero-order valence-corrected chi connectivity index (χ0v) is 19.7. The number of rotatable bonds is 7. The van der Waals surface area contributed by atoms with Crippen LogP contribution >= 0.6 is 0 Å². The van der Waals surface area contributed by atoms with Gasteiger partial charge in [-0.25, -0.2) is 8.42 Å². The average Bonchev–Trinajstić information content (AvgIpc) is 2.73. The summed E-state index contributed by atoms with van der Waals surface area (Å²) < 4.78 is 27.7. The smallest absolute Gasteiger partial charge is 0.243 e. The van der Waals surface area contributed by atoms with E-state index >= 15 is 0 Å². The number of sulfonamides is 1. The summed E-state index contributed by atoms with van der Waals surface area (Å²) in [5.74, 6) is 0. The van der Waals surface area contributed by atoms with Gasteiger partial charge in [0.25, 0.3) is 0 Å². The molecule has 5 heteroatoms. The molecule has 0 bridgehead atoms. The van der Waals surface area contributed by atoms with E-state index in [0.29, 0.717) is 18.0 Å². The van der Waals surface area contributed by atoms with Crippen LogP contribution in [0.5, 0.6) is 0 Å². The molecular weight excluding hydrogens is 392 g/mol. The molecule has 1 heterocycles. The van der Waals surface area contributed by atoms with Gasteiger partial charge in [0.1, 0.15) is 0 Å². The Morgan fingerprint density at radius 2 is 1.40 bits per heavy atom. The first-order chi connectivity index (χ1) is 14.2. The first kappa shape index (κ1) is 23.0. The lowest BCUT2D eigenvalue weighted by Gasteiger charge is -2.34. The molecule has 30 heavy (non-hydrogen) atoms. The molecule has 0 saturated carbocycles. The van der Waals surface area contributed by atoms with Gasteiger partial charge in [-0.05, 0) is 47.1 Å². The van der Waals surface area contributed by atoms with E-state index in [9.17, 15) is 8.42 Å². The molecule has 3 rings (SSSR count). The van der Waals surface area contributed by atoms with E-state index in [0.717, 1.165) is 38.9 Å². The third kappa shape index (κ3) is 5.71. The van der Waals surface area contributed by atoms with Crippen molar-refractivity contribution in [3.63, 3.8) is 0 Å². The van der Waals surface area contributed by atoms with E-state index in [1.54, 1.807) is 16.4 Å². The summed E-state index contributed by atoms with van der Waals surface area (Å²) >= 11 is 0. The Morgan fingerprint density at radius 3 is 1.93 bits per heavy atom. The van der Waals surface area contributed by atoms with Gasteiger partial charge in [0.2, 0.25) is 10.0 Å². The van der Waals surface area contributed by atoms with Crippen LogP contribution in [-0.4, -0.2) is 43.8 Å². The van der Waals surface area contributed by atoms with Crippen LogP contribution in [0.4, 0.5) is 0 Å². The highest BCUT2D eigenvalue weighted by atomic mass is 32.2. The maximum absolute atomic E-state index is 13.0.